The van der Waals surface area contributed by atoms with Crippen molar-refractivity contribution >= 4 is 21.6 Å². The lowest BCUT2D eigenvalue weighted by molar-refractivity contribution is -0.125. The molecule has 0 aliphatic carbocycles. The summed E-state index contributed by atoms with van der Waals surface area (Å²) in [4.78, 5) is 18.5. The van der Waals surface area contributed by atoms with Gasteiger partial charge in [-0.25, -0.2) is 18.1 Å². The average molecular weight is 391 g/mol. The largest absolute Gasteiger partial charge is 0.354 e. The van der Waals surface area contributed by atoms with Crippen LogP contribution in [0.1, 0.15) is 19.3 Å². The van der Waals surface area contributed by atoms with E-state index in [1.165, 1.54) is 11.0 Å². The monoisotopic (exact) mass is 391 g/mol. The lowest BCUT2D eigenvalue weighted by Crippen LogP contribution is -2.46. The van der Waals surface area contributed by atoms with Crippen molar-refractivity contribution in [1.29, 1.82) is 0 Å². The molecule has 2 aromatic heterocycles. The number of nitrogens with one attached hydrogen (secondary N) is 1. The molecular weight excluding hydrogens is 370 g/mol. The standard InChI is InChI=1S/C16H21N7O3S/c24-16(19-13-5-7-27(25,26)9-13)12-2-1-6-22(8-12)14-3-4-15(21-20-14)23-11-17-10-18-23/h3-4,10-13H,1-2,5-9H2,(H,19,24)/t12-,13-/m1/s1. The van der Waals surface area contributed by atoms with Gasteiger partial charge in [0.15, 0.2) is 21.5 Å². The van der Waals surface area contributed by atoms with Crippen LogP contribution in [0.2, 0.25) is 0 Å². The third kappa shape index (κ3) is 4.07. The van der Waals surface area contributed by atoms with Crippen LogP contribution in [-0.4, -0.2) is 69.9 Å². The van der Waals surface area contributed by atoms with Gasteiger partial charge in [0.05, 0.1) is 17.4 Å². The Kier molecular flexibility index (Phi) is 4.77. The van der Waals surface area contributed by atoms with E-state index in [9.17, 15) is 13.2 Å². The summed E-state index contributed by atoms with van der Waals surface area (Å²) < 4.78 is 24.7. The number of anilines is 1. The van der Waals surface area contributed by atoms with E-state index in [1.54, 1.807) is 6.33 Å². The first kappa shape index (κ1) is 17.8. The van der Waals surface area contributed by atoms with Crippen molar-refractivity contribution in [3.63, 3.8) is 0 Å². The van der Waals surface area contributed by atoms with Crippen LogP contribution in [0.4, 0.5) is 5.82 Å². The third-order valence-electron chi connectivity index (χ3n) is 4.98. The minimum Gasteiger partial charge on any atom is -0.354 e. The van der Waals surface area contributed by atoms with Crippen LogP contribution in [-0.2, 0) is 14.6 Å². The molecule has 0 bridgehead atoms. The van der Waals surface area contributed by atoms with E-state index >= 15 is 0 Å². The normalized spacial score (nSPS) is 24.7. The predicted octanol–water partition coefficient (Wildman–Crippen LogP) is -0.423. The molecule has 2 aliphatic rings. The molecule has 4 rings (SSSR count). The lowest BCUT2D eigenvalue weighted by Gasteiger charge is -2.33. The van der Waals surface area contributed by atoms with Crippen LogP contribution in [0.25, 0.3) is 5.82 Å². The van der Waals surface area contributed by atoms with E-state index in [2.05, 4.69) is 25.6 Å². The maximum Gasteiger partial charge on any atom is 0.225 e. The molecule has 0 radical (unpaired) electrons. The van der Waals surface area contributed by atoms with Crippen molar-refractivity contribution in [2.75, 3.05) is 29.5 Å². The van der Waals surface area contributed by atoms with Gasteiger partial charge in [0.2, 0.25) is 5.91 Å². The van der Waals surface area contributed by atoms with E-state index in [0.717, 1.165) is 19.4 Å². The third-order valence-corrected chi connectivity index (χ3v) is 6.75. The Labute approximate surface area is 156 Å². The van der Waals surface area contributed by atoms with Gasteiger partial charge in [-0.05, 0) is 31.4 Å². The van der Waals surface area contributed by atoms with Gasteiger partial charge in [0.1, 0.15) is 12.7 Å². The van der Waals surface area contributed by atoms with E-state index in [4.69, 9.17) is 0 Å². The Bertz CT molecular complexity index is 899. The predicted molar refractivity (Wildman–Crippen MR) is 97.1 cm³/mol. The summed E-state index contributed by atoms with van der Waals surface area (Å²) in [6, 6.07) is 3.40. The van der Waals surface area contributed by atoms with Crippen molar-refractivity contribution in [2.24, 2.45) is 5.92 Å². The number of carbonyl (C=O) groups excluding carboxylic acids is 1. The number of hydrogen-bond donors (Lipinski definition) is 1. The van der Waals surface area contributed by atoms with Gasteiger partial charge in [0.25, 0.3) is 0 Å². The fourth-order valence-electron chi connectivity index (χ4n) is 3.56. The highest BCUT2D eigenvalue weighted by Gasteiger charge is 2.32. The second kappa shape index (κ2) is 7.22. The Hall–Kier alpha value is -2.56. The summed E-state index contributed by atoms with van der Waals surface area (Å²) in [7, 11) is -3.00. The lowest BCUT2D eigenvalue weighted by atomic mass is 9.96. The molecule has 4 heterocycles. The molecule has 0 saturated carbocycles. The highest BCUT2D eigenvalue weighted by atomic mass is 32.2. The van der Waals surface area contributed by atoms with Crippen LogP contribution in [0.3, 0.4) is 0 Å². The van der Waals surface area contributed by atoms with Gasteiger partial charge in [-0.3, -0.25) is 4.79 Å². The number of sulfone groups is 1. The first-order chi connectivity index (χ1) is 13.0. The van der Waals surface area contributed by atoms with Crippen molar-refractivity contribution in [3.05, 3.63) is 24.8 Å². The van der Waals surface area contributed by atoms with E-state index < -0.39 is 9.84 Å². The molecule has 2 aliphatic heterocycles. The Morgan fingerprint density at radius 3 is 2.67 bits per heavy atom. The molecule has 2 atom stereocenters. The molecule has 1 amide bonds. The second-order valence-electron chi connectivity index (χ2n) is 6.98. The summed E-state index contributed by atoms with van der Waals surface area (Å²) in [5, 5.41) is 15.3. The zero-order chi connectivity index (χ0) is 18.9. The first-order valence-corrected chi connectivity index (χ1v) is 10.8. The first-order valence-electron chi connectivity index (χ1n) is 8.95. The smallest absolute Gasteiger partial charge is 0.225 e. The maximum atomic E-state index is 12.6. The number of nitrogens with zero attached hydrogens (tertiary/aromatic N) is 6. The van der Waals surface area contributed by atoms with Gasteiger partial charge < -0.3 is 10.2 Å². The van der Waals surface area contributed by atoms with Gasteiger partial charge in [-0.15, -0.1) is 10.2 Å². The van der Waals surface area contributed by atoms with Crippen molar-refractivity contribution in [1.82, 2.24) is 30.3 Å². The fourth-order valence-corrected chi connectivity index (χ4v) is 5.24. The topological polar surface area (TPSA) is 123 Å². The number of aromatic nitrogens is 5. The second-order valence-corrected chi connectivity index (χ2v) is 9.21. The van der Waals surface area contributed by atoms with Gasteiger partial charge >= 0.3 is 0 Å². The highest BCUT2D eigenvalue weighted by Crippen LogP contribution is 2.22. The molecule has 11 heteroatoms. The molecule has 0 spiro atoms. The minimum atomic E-state index is -3.00. The maximum absolute atomic E-state index is 12.6. The van der Waals surface area contributed by atoms with E-state index in [0.29, 0.717) is 24.6 Å². The molecule has 27 heavy (non-hydrogen) atoms. The molecule has 0 aromatic carbocycles. The van der Waals surface area contributed by atoms with Gasteiger partial charge in [-0.2, -0.15) is 5.10 Å². The number of carbonyl (C=O) groups is 1. The zero-order valence-electron chi connectivity index (χ0n) is 14.7. The molecular formula is C16H21N7O3S. The minimum absolute atomic E-state index is 0.0460. The van der Waals surface area contributed by atoms with Gasteiger partial charge in [0, 0.05) is 19.1 Å². The van der Waals surface area contributed by atoms with E-state index in [-0.39, 0.29) is 29.4 Å². The molecule has 10 nitrogen and oxygen atoms in total. The van der Waals surface area contributed by atoms with Crippen LogP contribution in [0, 0.1) is 5.92 Å². The molecule has 2 saturated heterocycles. The van der Waals surface area contributed by atoms with Crippen molar-refractivity contribution in [2.45, 2.75) is 25.3 Å². The Morgan fingerprint density at radius 2 is 2.00 bits per heavy atom. The number of piperidine rings is 1. The number of hydrogen-bond acceptors (Lipinski definition) is 8. The summed E-state index contributed by atoms with van der Waals surface area (Å²) >= 11 is 0. The fraction of sp³-hybridized carbons (Fsp3) is 0.562. The number of amides is 1. The molecule has 0 unspecified atom stereocenters. The summed E-state index contributed by atoms with van der Waals surface area (Å²) in [5.41, 5.74) is 0. The molecule has 144 valence electrons. The van der Waals surface area contributed by atoms with Crippen LogP contribution < -0.4 is 10.2 Å². The average Bonchev–Trinajstić information content (AvgIpc) is 3.32. The van der Waals surface area contributed by atoms with E-state index in [1.807, 2.05) is 17.0 Å². The summed E-state index contributed by atoms with van der Waals surface area (Å²) in [6.45, 7) is 1.35. The molecule has 2 aromatic rings. The quantitative estimate of drug-likeness (QED) is 0.745. The van der Waals surface area contributed by atoms with Crippen LogP contribution in [0.5, 0.6) is 0 Å². The summed E-state index contributed by atoms with van der Waals surface area (Å²) in [5.74, 6) is 1.23. The Balaban J connectivity index is 1.38. The molecule has 2 fully saturated rings. The van der Waals surface area contributed by atoms with Crippen LogP contribution >= 0.6 is 0 Å². The highest BCUT2D eigenvalue weighted by molar-refractivity contribution is 7.91. The zero-order valence-corrected chi connectivity index (χ0v) is 15.5. The van der Waals surface area contributed by atoms with Crippen molar-refractivity contribution in [3.8, 4) is 5.82 Å². The number of rotatable bonds is 4. The van der Waals surface area contributed by atoms with Crippen molar-refractivity contribution < 1.29 is 13.2 Å². The van der Waals surface area contributed by atoms with Crippen LogP contribution in [0.15, 0.2) is 24.8 Å². The van der Waals surface area contributed by atoms with Gasteiger partial charge in [-0.1, -0.05) is 0 Å². The Morgan fingerprint density at radius 1 is 1.19 bits per heavy atom. The summed E-state index contributed by atoms with van der Waals surface area (Å²) in [6.07, 6.45) is 5.13. The SMILES string of the molecule is O=C(N[C@@H]1CCS(=O)(=O)C1)[C@@H]1CCCN(c2ccc(-n3cncn3)nn2)C1. The molecule has 1 N–H and O–H groups in total.